The van der Waals surface area contributed by atoms with Gasteiger partial charge in [0.05, 0.1) is 0 Å². The zero-order chi connectivity index (χ0) is 16.9. The second-order valence-corrected chi connectivity index (χ2v) is 6.93. The van der Waals surface area contributed by atoms with Crippen LogP contribution in [0.4, 0.5) is 0 Å². The molecule has 3 rings (SSSR count). The summed E-state index contributed by atoms with van der Waals surface area (Å²) in [4.78, 5) is 41.8. The summed E-state index contributed by atoms with van der Waals surface area (Å²) in [5, 5.41) is 1.98. The number of amides is 3. The Hall–Kier alpha value is -1.99. The zero-order valence-electron chi connectivity index (χ0n) is 13.5. The lowest BCUT2D eigenvalue weighted by molar-refractivity contribution is -0.138. The highest BCUT2D eigenvalue weighted by Gasteiger charge is 2.29. The van der Waals surface area contributed by atoms with Crippen molar-refractivity contribution in [3.8, 4) is 0 Å². The van der Waals surface area contributed by atoms with Crippen LogP contribution in [0, 0.1) is 0 Å². The van der Waals surface area contributed by atoms with Gasteiger partial charge in [-0.05, 0) is 17.5 Å². The first-order chi connectivity index (χ1) is 11.6. The molecule has 0 unspecified atom stereocenters. The van der Waals surface area contributed by atoms with Crippen LogP contribution in [0.3, 0.4) is 0 Å². The van der Waals surface area contributed by atoms with Gasteiger partial charge in [0, 0.05) is 63.1 Å². The SMILES string of the molecule is O=C(/C=C/c1cccs1)N1CCN(CCN2C(=O)CCC2=O)CC1. The first-order valence-electron chi connectivity index (χ1n) is 8.19. The van der Waals surface area contributed by atoms with Gasteiger partial charge in [-0.1, -0.05) is 6.07 Å². The van der Waals surface area contributed by atoms with Crippen molar-refractivity contribution in [2.24, 2.45) is 0 Å². The predicted octanol–water partition coefficient (Wildman–Crippen LogP) is 1.05. The summed E-state index contributed by atoms with van der Waals surface area (Å²) in [6.07, 6.45) is 4.17. The number of carbonyl (C=O) groups excluding carboxylic acids is 3. The van der Waals surface area contributed by atoms with E-state index >= 15 is 0 Å². The number of hydrogen-bond acceptors (Lipinski definition) is 5. The number of thiophene rings is 1. The van der Waals surface area contributed by atoms with Crippen LogP contribution in [0.1, 0.15) is 17.7 Å². The fourth-order valence-corrected chi connectivity index (χ4v) is 3.57. The fourth-order valence-electron chi connectivity index (χ4n) is 2.95. The minimum atomic E-state index is -0.0625. The van der Waals surface area contributed by atoms with Gasteiger partial charge < -0.3 is 4.90 Å². The molecule has 2 saturated heterocycles. The van der Waals surface area contributed by atoms with Crippen molar-refractivity contribution in [2.45, 2.75) is 12.8 Å². The number of imide groups is 1. The molecule has 0 aromatic carbocycles. The van der Waals surface area contributed by atoms with Crippen LogP contribution in [-0.4, -0.2) is 71.7 Å². The lowest BCUT2D eigenvalue weighted by Gasteiger charge is -2.34. The van der Waals surface area contributed by atoms with Crippen molar-refractivity contribution < 1.29 is 14.4 Å². The average molecular weight is 347 g/mol. The Morgan fingerprint density at radius 1 is 1.08 bits per heavy atom. The van der Waals surface area contributed by atoms with E-state index in [2.05, 4.69) is 4.90 Å². The largest absolute Gasteiger partial charge is 0.337 e. The molecule has 2 aliphatic heterocycles. The highest BCUT2D eigenvalue weighted by Crippen LogP contribution is 2.13. The lowest BCUT2D eigenvalue weighted by atomic mass is 10.3. The molecule has 0 bridgehead atoms. The average Bonchev–Trinajstić information content (AvgIpc) is 3.22. The van der Waals surface area contributed by atoms with Gasteiger partial charge in [-0.25, -0.2) is 0 Å². The van der Waals surface area contributed by atoms with E-state index in [-0.39, 0.29) is 17.7 Å². The standard InChI is InChI=1S/C17H21N3O3S/c21-15(4-3-14-2-1-13-24-14)19-10-7-18(8-11-19)9-12-20-16(22)5-6-17(20)23/h1-4,13H,5-12H2/b4-3+. The molecule has 0 saturated carbocycles. The topological polar surface area (TPSA) is 60.9 Å². The van der Waals surface area contributed by atoms with Crippen LogP contribution in [0.15, 0.2) is 23.6 Å². The van der Waals surface area contributed by atoms with Crippen LogP contribution in [0.2, 0.25) is 0 Å². The van der Waals surface area contributed by atoms with E-state index in [1.54, 1.807) is 17.4 Å². The Balaban J connectivity index is 1.41. The molecule has 128 valence electrons. The van der Waals surface area contributed by atoms with Gasteiger partial charge in [-0.15, -0.1) is 11.3 Å². The molecule has 0 atom stereocenters. The Bertz CT molecular complexity index is 618. The zero-order valence-corrected chi connectivity index (χ0v) is 14.3. The third-order valence-electron chi connectivity index (χ3n) is 4.41. The maximum absolute atomic E-state index is 12.2. The van der Waals surface area contributed by atoms with Crippen LogP contribution < -0.4 is 0 Å². The summed E-state index contributed by atoms with van der Waals surface area (Å²) >= 11 is 1.61. The van der Waals surface area contributed by atoms with E-state index in [4.69, 9.17) is 0 Å². The molecule has 3 amide bonds. The van der Waals surface area contributed by atoms with Crippen molar-refractivity contribution in [1.82, 2.24) is 14.7 Å². The summed E-state index contributed by atoms with van der Waals surface area (Å²) in [5.41, 5.74) is 0. The van der Waals surface area contributed by atoms with Crippen molar-refractivity contribution in [1.29, 1.82) is 0 Å². The Labute approximate surface area is 145 Å². The molecule has 1 aromatic rings. The minimum absolute atomic E-state index is 0.0351. The normalized spacial score (nSPS) is 19.7. The maximum atomic E-state index is 12.2. The van der Waals surface area contributed by atoms with Gasteiger partial charge in [0.15, 0.2) is 0 Å². The highest BCUT2D eigenvalue weighted by molar-refractivity contribution is 7.10. The molecule has 1 aromatic heterocycles. The fraction of sp³-hybridized carbons (Fsp3) is 0.471. The maximum Gasteiger partial charge on any atom is 0.246 e. The second kappa shape index (κ2) is 7.72. The van der Waals surface area contributed by atoms with E-state index < -0.39 is 0 Å². The summed E-state index contributed by atoms with van der Waals surface area (Å²) in [6.45, 7) is 4.04. The molecule has 0 aliphatic carbocycles. The monoisotopic (exact) mass is 347 g/mol. The number of hydrogen-bond donors (Lipinski definition) is 0. The van der Waals surface area contributed by atoms with Crippen molar-refractivity contribution in [3.63, 3.8) is 0 Å². The van der Waals surface area contributed by atoms with Gasteiger partial charge >= 0.3 is 0 Å². The van der Waals surface area contributed by atoms with Crippen LogP contribution in [0.25, 0.3) is 6.08 Å². The summed E-state index contributed by atoms with van der Waals surface area (Å²) < 4.78 is 0. The molecule has 0 N–H and O–H groups in total. The van der Waals surface area contributed by atoms with Gasteiger partial charge in [-0.2, -0.15) is 0 Å². The van der Waals surface area contributed by atoms with Crippen LogP contribution in [-0.2, 0) is 14.4 Å². The van der Waals surface area contributed by atoms with Gasteiger partial charge in [0.1, 0.15) is 0 Å². The van der Waals surface area contributed by atoms with Gasteiger partial charge in [0.2, 0.25) is 17.7 Å². The summed E-state index contributed by atoms with van der Waals surface area (Å²) in [5.74, 6) is -0.0898. The molecular weight excluding hydrogens is 326 g/mol. The quantitative estimate of drug-likeness (QED) is 0.590. The Morgan fingerprint density at radius 2 is 1.79 bits per heavy atom. The Morgan fingerprint density at radius 3 is 2.42 bits per heavy atom. The van der Waals surface area contributed by atoms with E-state index in [1.165, 1.54) is 4.90 Å². The first kappa shape index (κ1) is 16.9. The highest BCUT2D eigenvalue weighted by atomic mass is 32.1. The molecule has 7 heteroatoms. The first-order valence-corrected chi connectivity index (χ1v) is 9.07. The van der Waals surface area contributed by atoms with E-state index in [0.29, 0.717) is 39.0 Å². The van der Waals surface area contributed by atoms with Crippen LogP contribution >= 0.6 is 11.3 Å². The predicted molar refractivity (Wildman–Crippen MR) is 92.3 cm³/mol. The number of carbonyl (C=O) groups is 3. The number of piperazine rings is 1. The van der Waals surface area contributed by atoms with Crippen molar-refractivity contribution in [2.75, 3.05) is 39.3 Å². The Kier molecular flexibility index (Phi) is 5.42. The molecule has 3 heterocycles. The summed E-state index contributed by atoms with van der Waals surface area (Å²) in [7, 11) is 0. The smallest absolute Gasteiger partial charge is 0.246 e. The second-order valence-electron chi connectivity index (χ2n) is 5.95. The number of rotatable bonds is 5. The third kappa shape index (κ3) is 4.10. The third-order valence-corrected chi connectivity index (χ3v) is 5.25. The molecule has 6 nitrogen and oxygen atoms in total. The van der Waals surface area contributed by atoms with E-state index in [0.717, 1.165) is 18.0 Å². The summed E-state index contributed by atoms with van der Waals surface area (Å²) in [6, 6.07) is 3.94. The van der Waals surface area contributed by atoms with Gasteiger partial charge in [0.25, 0.3) is 0 Å². The van der Waals surface area contributed by atoms with E-state index in [9.17, 15) is 14.4 Å². The van der Waals surface area contributed by atoms with Gasteiger partial charge in [-0.3, -0.25) is 24.2 Å². The molecule has 2 aliphatic rings. The van der Waals surface area contributed by atoms with Crippen molar-refractivity contribution >= 4 is 35.1 Å². The van der Waals surface area contributed by atoms with Crippen molar-refractivity contribution in [3.05, 3.63) is 28.5 Å². The number of likely N-dealkylation sites (tertiary alicyclic amines) is 1. The molecule has 0 spiro atoms. The molecular formula is C17H21N3O3S. The molecule has 2 fully saturated rings. The minimum Gasteiger partial charge on any atom is -0.337 e. The lowest BCUT2D eigenvalue weighted by Crippen LogP contribution is -2.50. The molecule has 24 heavy (non-hydrogen) atoms. The molecule has 0 radical (unpaired) electrons. The number of nitrogens with zero attached hydrogens (tertiary/aromatic N) is 3. The van der Waals surface area contributed by atoms with Crippen LogP contribution in [0.5, 0.6) is 0 Å². The van der Waals surface area contributed by atoms with E-state index in [1.807, 2.05) is 28.5 Å².